The van der Waals surface area contributed by atoms with Crippen molar-refractivity contribution in [3.05, 3.63) is 0 Å². The van der Waals surface area contributed by atoms with Gasteiger partial charge in [-0.1, -0.05) is 64.2 Å². The molecule has 4 saturated heterocycles. The lowest BCUT2D eigenvalue weighted by Gasteiger charge is -2.49. The van der Waals surface area contributed by atoms with Crippen molar-refractivity contribution in [2.24, 2.45) is 71.0 Å². The molecule has 13 fully saturated rings. The molecule has 9 saturated carbocycles. The Morgan fingerprint density at radius 3 is 1.12 bits per heavy atom. The molecule has 4 aliphatic heterocycles. The van der Waals surface area contributed by atoms with Crippen LogP contribution in [-0.4, -0.2) is 82.0 Å². The van der Waals surface area contributed by atoms with E-state index in [1.54, 1.807) is 0 Å². The Morgan fingerprint density at radius 1 is 0.318 bits per heavy atom. The topological polar surface area (TPSA) is 59.1 Å². The first-order chi connectivity index (χ1) is 32.5. The second-order valence-corrected chi connectivity index (χ2v) is 26.9. The molecule has 13 aliphatic rings. The van der Waals surface area contributed by atoms with Crippen LogP contribution in [0.1, 0.15) is 231 Å². The highest BCUT2D eigenvalue weighted by Gasteiger charge is 2.64. The number of fused-ring (bicyclic) bond motifs is 9. The Labute approximate surface area is 401 Å². The van der Waals surface area contributed by atoms with E-state index in [-0.39, 0.29) is 36.3 Å². The smallest absolute Gasteiger partial charge is 0.141 e. The molecule has 16 unspecified atom stereocenters. The number of ketones is 2. The van der Waals surface area contributed by atoms with E-state index in [0.717, 1.165) is 122 Å². The number of nitrogens with zero attached hydrogens (tertiary/aromatic N) is 2. The van der Waals surface area contributed by atoms with Crippen LogP contribution in [-0.2, 0) is 19.1 Å². The van der Waals surface area contributed by atoms with Gasteiger partial charge in [0.1, 0.15) is 11.6 Å². The zero-order valence-corrected chi connectivity index (χ0v) is 41.7. The molecule has 368 valence electrons. The maximum absolute atomic E-state index is 13.7. The molecule has 4 heterocycles. The Hall–Kier alpha value is -0.820. The molecule has 0 N–H and O–H groups in total. The third-order valence-electron chi connectivity index (χ3n) is 24.2. The summed E-state index contributed by atoms with van der Waals surface area (Å²) < 4.78 is 13.7. The average molecular weight is 907 g/mol. The number of hydrogen-bond acceptors (Lipinski definition) is 6. The first-order valence-electron chi connectivity index (χ1n) is 30.4. The van der Waals surface area contributed by atoms with E-state index in [4.69, 9.17) is 9.47 Å². The highest BCUT2D eigenvalue weighted by atomic mass is 16.5. The van der Waals surface area contributed by atoms with Crippen molar-refractivity contribution in [1.82, 2.24) is 9.80 Å². The number of rotatable bonds is 6. The van der Waals surface area contributed by atoms with Crippen LogP contribution in [0.3, 0.4) is 0 Å². The number of hydrogen-bond donors (Lipinski definition) is 0. The summed E-state index contributed by atoms with van der Waals surface area (Å²) in [6, 6.07) is 5.04. The second-order valence-electron chi connectivity index (χ2n) is 26.9. The fourth-order valence-corrected chi connectivity index (χ4v) is 21.3. The second kappa shape index (κ2) is 19.3. The molecule has 16 atom stereocenters. The van der Waals surface area contributed by atoms with Crippen LogP contribution in [0.4, 0.5) is 0 Å². The summed E-state index contributed by atoms with van der Waals surface area (Å²) in [4.78, 5) is 34.1. The Balaban J connectivity index is 0.643. The normalized spacial score (nSPS) is 51.0. The lowest BCUT2D eigenvalue weighted by Crippen LogP contribution is -2.53. The predicted octanol–water partition coefficient (Wildman–Crippen LogP) is 13.1. The molecule has 0 bridgehead atoms. The number of ether oxygens (including phenoxy) is 2. The molecular weight excluding hydrogens is 813 g/mol. The Kier molecular flexibility index (Phi) is 13.2. The quantitative estimate of drug-likeness (QED) is 0.265. The molecule has 66 heavy (non-hydrogen) atoms. The highest BCUT2D eigenvalue weighted by molar-refractivity contribution is 5.83. The number of carbonyl (C=O) groups excluding carboxylic acids is 2. The van der Waals surface area contributed by atoms with Crippen molar-refractivity contribution in [1.29, 1.82) is 0 Å². The maximum atomic E-state index is 13.7. The van der Waals surface area contributed by atoms with Crippen LogP contribution in [0.5, 0.6) is 0 Å². The fraction of sp³-hybridized carbons (Fsp3) is 0.967. The average Bonchev–Trinajstić information content (AvgIpc) is 3.90. The molecule has 0 aromatic carbocycles. The molecule has 0 amide bonds. The molecule has 0 aromatic heterocycles. The standard InChI is InChI=1S/C60H94N2O4/c63-53-35-57(39-11-3-1-4-12-39)65-55-31-23-41(33-47(53)55)37-19-25-43(26-20-37)61-49-17-9-7-15-45(49)59-51(61)29-30-52-60(59)46-16-8-10-18-50(46)62(52)44-27-21-38(22-28-44)42-24-32-56-48(34-42)54(64)36-58(66-56)40-13-5-2-6-14-40/h37-52,55-60H,1-36H2. The monoisotopic (exact) mass is 907 g/mol. The van der Waals surface area contributed by atoms with Crippen molar-refractivity contribution in [2.45, 2.75) is 292 Å². The van der Waals surface area contributed by atoms with Crippen LogP contribution in [0, 0.1) is 71.0 Å². The minimum atomic E-state index is 0.200. The van der Waals surface area contributed by atoms with Gasteiger partial charge < -0.3 is 9.47 Å². The van der Waals surface area contributed by atoms with Crippen molar-refractivity contribution >= 4 is 11.6 Å². The van der Waals surface area contributed by atoms with E-state index in [1.165, 1.54) is 193 Å². The van der Waals surface area contributed by atoms with Gasteiger partial charge in [-0.15, -0.1) is 0 Å². The van der Waals surface area contributed by atoms with E-state index >= 15 is 0 Å². The number of carbonyl (C=O) groups is 2. The molecule has 0 radical (unpaired) electrons. The van der Waals surface area contributed by atoms with Gasteiger partial charge in [-0.25, -0.2) is 0 Å². The summed E-state index contributed by atoms with van der Waals surface area (Å²) >= 11 is 0. The molecule has 6 nitrogen and oxygen atoms in total. The van der Waals surface area contributed by atoms with Gasteiger partial charge in [0.2, 0.25) is 0 Å². The zero-order valence-electron chi connectivity index (χ0n) is 41.7. The van der Waals surface area contributed by atoms with E-state index < -0.39 is 0 Å². The first-order valence-corrected chi connectivity index (χ1v) is 30.4. The van der Waals surface area contributed by atoms with Crippen LogP contribution >= 0.6 is 0 Å². The lowest BCUT2D eigenvalue weighted by molar-refractivity contribution is -0.163. The summed E-state index contributed by atoms with van der Waals surface area (Å²) in [5.74, 6) is 9.83. The zero-order chi connectivity index (χ0) is 43.9. The summed E-state index contributed by atoms with van der Waals surface area (Å²) in [6.07, 6.45) is 49.0. The van der Waals surface area contributed by atoms with Gasteiger partial charge in [-0.3, -0.25) is 19.4 Å². The van der Waals surface area contributed by atoms with E-state index in [2.05, 4.69) is 9.80 Å². The number of Topliss-reactive ketones (excluding diaryl/α,β-unsaturated/α-hetero) is 2. The van der Waals surface area contributed by atoms with Crippen molar-refractivity contribution in [3.63, 3.8) is 0 Å². The van der Waals surface area contributed by atoms with Gasteiger partial charge in [0.25, 0.3) is 0 Å². The van der Waals surface area contributed by atoms with E-state index in [1.807, 2.05) is 0 Å². The maximum Gasteiger partial charge on any atom is 0.141 e. The predicted molar refractivity (Wildman–Crippen MR) is 262 cm³/mol. The number of likely N-dealkylation sites (tertiary alicyclic amines) is 2. The van der Waals surface area contributed by atoms with Gasteiger partial charge in [-0.2, -0.15) is 0 Å². The van der Waals surface area contributed by atoms with Crippen molar-refractivity contribution < 1.29 is 19.1 Å². The molecule has 6 heteroatoms. The Bertz CT molecular complexity index is 1570. The van der Waals surface area contributed by atoms with Crippen molar-refractivity contribution in [3.8, 4) is 0 Å². The van der Waals surface area contributed by atoms with Crippen LogP contribution in [0.25, 0.3) is 0 Å². The summed E-state index contributed by atoms with van der Waals surface area (Å²) in [5, 5.41) is 0. The van der Waals surface area contributed by atoms with E-state index in [9.17, 15) is 9.59 Å². The molecular formula is C60H94N2O4. The van der Waals surface area contributed by atoms with Gasteiger partial charge in [0.05, 0.1) is 24.4 Å². The third-order valence-corrected chi connectivity index (χ3v) is 24.2. The first kappa shape index (κ1) is 45.1. The van der Waals surface area contributed by atoms with E-state index in [0.29, 0.717) is 23.4 Å². The van der Waals surface area contributed by atoms with Gasteiger partial charge >= 0.3 is 0 Å². The summed E-state index contributed by atoms with van der Waals surface area (Å²) in [5.41, 5.74) is 0. The summed E-state index contributed by atoms with van der Waals surface area (Å²) in [6.45, 7) is 0. The molecule has 0 aromatic rings. The SMILES string of the molecule is O=C1CC(C2CCCCC2)OC2CCC(C3CCC(N4C5CCCCC5C5C6C7CCCCC7N(C7CCC(C8CCC9OC(C%10CCCCC%10)CC(=O)C9C8)CC7)C6CCC54)CC3)CC12. The van der Waals surface area contributed by atoms with Gasteiger partial charge in [0.15, 0.2) is 0 Å². The minimum Gasteiger partial charge on any atom is -0.373 e. The molecule has 9 aliphatic carbocycles. The molecule has 13 rings (SSSR count). The third kappa shape index (κ3) is 8.24. The van der Waals surface area contributed by atoms with Gasteiger partial charge in [0, 0.05) is 60.9 Å². The lowest BCUT2D eigenvalue weighted by atomic mass is 9.61. The summed E-state index contributed by atoms with van der Waals surface area (Å²) in [7, 11) is 0. The van der Waals surface area contributed by atoms with Crippen LogP contribution in [0.15, 0.2) is 0 Å². The van der Waals surface area contributed by atoms with Crippen LogP contribution in [0.2, 0.25) is 0 Å². The highest BCUT2D eigenvalue weighted by Crippen LogP contribution is 2.62. The van der Waals surface area contributed by atoms with Crippen molar-refractivity contribution in [2.75, 3.05) is 0 Å². The fourth-order valence-electron chi connectivity index (χ4n) is 21.3. The van der Waals surface area contributed by atoms with Gasteiger partial charge in [-0.05, 0) is 213 Å². The molecule has 0 spiro atoms. The largest absolute Gasteiger partial charge is 0.373 e. The Morgan fingerprint density at radius 2 is 0.697 bits per heavy atom. The minimum absolute atomic E-state index is 0.200. The van der Waals surface area contributed by atoms with Crippen LogP contribution < -0.4 is 0 Å².